The molecule has 132 valence electrons. The zero-order valence-corrected chi connectivity index (χ0v) is 14.8. The second-order valence-electron chi connectivity index (χ2n) is 5.98. The first-order valence-corrected chi connectivity index (χ1v) is 8.73. The molecule has 1 N–H and O–H groups in total. The number of carboxylic acid groups (broad SMARTS) is 1. The Morgan fingerprint density at radius 1 is 0.444 bits per heavy atom. The van der Waals surface area contributed by atoms with Crippen molar-refractivity contribution in [1.82, 2.24) is 0 Å². The van der Waals surface area contributed by atoms with Crippen molar-refractivity contribution >= 4 is 5.97 Å². The smallest absolute Gasteiger partial charge is 0.335 e. The number of carbonyl (C=O) groups is 1. The Balaban J connectivity index is 0.000000159. The highest BCUT2D eigenvalue weighted by Gasteiger charge is 2.02. The Morgan fingerprint density at radius 3 is 1.04 bits per heavy atom. The molecule has 0 aliphatic heterocycles. The van der Waals surface area contributed by atoms with Crippen molar-refractivity contribution in [3.05, 3.63) is 121 Å². The quantitative estimate of drug-likeness (QED) is 0.463. The lowest BCUT2D eigenvalue weighted by Gasteiger charge is -2.01. The van der Waals surface area contributed by atoms with Gasteiger partial charge in [-0.15, -0.1) is 0 Å². The van der Waals surface area contributed by atoms with Crippen molar-refractivity contribution < 1.29 is 9.90 Å². The number of carboxylic acids is 1. The molecule has 0 spiro atoms. The predicted octanol–water partition coefficient (Wildman–Crippen LogP) is 6.41. The van der Waals surface area contributed by atoms with Crippen LogP contribution in [0.25, 0.3) is 22.3 Å². The molecular weight excluding hydrogens is 332 g/mol. The second-order valence-corrected chi connectivity index (χ2v) is 5.98. The summed E-state index contributed by atoms with van der Waals surface area (Å²) in [7, 11) is 0. The van der Waals surface area contributed by atoms with Gasteiger partial charge in [0.05, 0.1) is 5.56 Å². The second kappa shape index (κ2) is 9.16. The van der Waals surface area contributed by atoms with Crippen LogP contribution in [0, 0.1) is 0 Å². The van der Waals surface area contributed by atoms with Crippen molar-refractivity contribution in [2.24, 2.45) is 0 Å². The maximum Gasteiger partial charge on any atom is 0.335 e. The monoisotopic (exact) mass is 352 g/mol. The van der Waals surface area contributed by atoms with Gasteiger partial charge in [-0.2, -0.15) is 0 Å². The third-order valence-electron chi connectivity index (χ3n) is 4.12. The molecule has 0 unspecified atom stereocenters. The van der Waals surface area contributed by atoms with Crippen LogP contribution in [0.4, 0.5) is 0 Å². The third kappa shape index (κ3) is 5.16. The van der Waals surface area contributed by atoms with Gasteiger partial charge in [0.25, 0.3) is 0 Å². The van der Waals surface area contributed by atoms with Crippen LogP contribution >= 0.6 is 0 Å². The molecule has 0 amide bonds. The lowest BCUT2D eigenvalue weighted by Crippen LogP contribution is -1.94. The number of aromatic carboxylic acids is 1. The molecular formula is C25H20O2. The topological polar surface area (TPSA) is 37.3 Å². The van der Waals surface area contributed by atoms with Crippen LogP contribution in [0.15, 0.2) is 115 Å². The summed E-state index contributed by atoms with van der Waals surface area (Å²) in [5.41, 5.74) is 4.99. The fourth-order valence-electron chi connectivity index (χ4n) is 2.70. The summed E-state index contributed by atoms with van der Waals surface area (Å²) in [4.78, 5) is 10.6. The number of benzene rings is 4. The molecule has 0 aromatic heterocycles. The largest absolute Gasteiger partial charge is 0.478 e. The normalized spacial score (nSPS) is 9.78. The van der Waals surface area contributed by atoms with Crippen molar-refractivity contribution in [1.29, 1.82) is 0 Å². The van der Waals surface area contributed by atoms with Gasteiger partial charge in [-0.25, -0.2) is 4.79 Å². The van der Waals surface area contributed by atoms with Gasteiger partial charge in [-0.1, -0.05) is 103 Å². The lowest BCUT2D eigenvalue weighted by atomic mass is 10.0. The third-order valence-corrected chi connectivity index (χ3v) is 4.12. The van der Waals surface area contributed by atoms with Crippen LogP contribution < -0.4 is 0 Å². The van der Waals surface area contributed by atoms with Gasteiger partial charge >= 0.3 is 5.97 Å². The SMILES string of the molecule is O=C(O)c1ccc(-c2ccccc2)cc1.c1ccc(-c2ccccc2)cc1. The highest BCUT2D eigenvalue weighted by molar-refractivity contribution is 5.88. The molecule has 0 atom stereocenters. The van der Waals surface area contributed by atoms with Gasteiger partial charge in [0.1, 0.15) is 0 Å². The van der Waals surface area contributed by atoms with E-state index in [2.05, 4.69) is 48.5 Å². The zero-order valence-electron chi connectivity index (χ0n) is 14.8. The minimum atomic E-state index is -0.894. The van der Waals surface area contributed by atoms with Gasteiger partial charge in [0, 0.05) is 0 Å². The molecule has 0 bridgehead atoms. The van der Waals surface area contributed by atoms with Crippen molar-refractivity contribution in [3.8, 4) is 22.3 Å². The van der Waals surface area contributed by atoms with Gasteiger partial charge in [0.2, 0.25) is 0 Å². The van der Waals surface area contributed by atoms with Crippen LogP contribution in [0.1, 0.15) is 10.4 Å². The van der Waals surface area contributed by atoms with Gasteiger partial charge in [-0.3, -0.25) is 0 Å². The molecule has 4 aromatic carbocycles. The molecule has 0 heterocycles. The summed E-state index contributed by atoms with van der Waals surface area (Å²) in [6.45, 7) is 0. The Kier molecular flexibility index (Phi) is 6.16. The molecule has 0 fully saturated rings. The van der Waals surface area contributed by atoms with Gasteiger partial charge in [0.15, 0.2) is 0 Å². The molecule has 0 aliphatic carbocycles. The molecule has 0 radical (unpaired) electrons. The van der Waals surface area contributed by atoms with E-state index < -0.39 is 5.97 Å². The highest BCUT2D eigenvalue weighted by Crippen LogP contribution is 2.19. The molecule has 0 aliphatic rings. The number of hydrogen-bond acceptors (Lipinski definition) is 1. The van der Waals surface area contributed by atoms with Gasteiger partial charge < -0.3 is 5.11 Å². The van der Waals surface area contributed by atoms with E-state index in [1.54, 1.807) is 12.1 Å². The maximum absolute atomic E-state index is 10.6. The summed E-state index contributed by atoms with van der Waals surface area (Å²) in [6.07, 6.45) is 0. The first-order chi connectivity index (χ1) is 13.2. The molecule has 2 heteroatoms. The average molecular weight is 352 g/mol. The summed E-state index contributed by atoms with van der Waals surface area (Å²) in [6, 6.07) is 37.5. The molecule has 4 rings (SSSR count). The predicted molar refractivity (Wildman–Crippen MR) is 111 cm³/mol. The van der Waals surface area contributed by atoms with Crippen LogP contribution in [0.5, 0.6) is 0 Å². The van der Waals surface area contributed by atoms with E-state index in [1.165, 1.54) is 11.1 Å². The fourth-order valence-corrected chi connectivity index (χ4v) is 2.70. The van der Waals surface area contributed by atoms with E-state index in [9.17, 15) is 4.79 Å². The zero-order chi connectivity index (χ0) is 18.9. The van der Waals surface area contributed by atoms with E-state index in [4.69, 9.17) is 5.11 Å². The van der Waals surface area contributed by atoms with E-state index >= 15 is 0 Å². The average Bonchev–Trinajstić information content (AvgIpc) is 2.76. The highest BCUT2D eigenvalue weighted by atomic mass is 16.4. The van der Waals surface area contributed by atoms with Crippen LogP contribution in [0.2, 0.25) is 0 Å². The van der Waals surface area contributed by atoms with Crippen molar-refractivity contribution in [3.63, 3.8) is 0 Å². The minimum absolute atomic E-state index is 0.315. The molecule has 2 nitrogen and oxygen atoms in total. The molecule has 0 saturated carbocycles. The van der Waals surface area contributed by atoms with Crippen LogP contribution in [-0.4, -0.2) is 11.1 Å². The first-order valence-electron chi connectivity index (χ1n) is 8.73. The van der Waals surface area contributed by atoms with Crippen LogP contribution in [0.3, 0.4) is 0 Å². The summed E-state index contributed by atoms with van der Waals surface area (Å²) < 4.78 is 0. The van der Waals surface area contributed by atoms with Crippen molar-refractivity contribution in [2.75, 3.05) is 0 Å². The van der Waals surface area contributed by atoms with E-state index in [0.717, 1.165) is 11.1 Å². The lowest BCUT2D eigenvalue weighted by molar-refractivity contribution is 0.0697. The molecule has 0 saturated heterocycles. The van der Waals surface area contributed by atoms with Gasteiger partial charge in [-0.05, 0) is 34.4 Å². The minimum Gasteiger partial charge on any atom is -0.478 e. The molecule has 27 heavy (non-hydrogen) atoms. The van der Waals surface area contributed by atoms with E-state index in [1.807, 2.05) is 54.6 Å². The molecule has 4 aromatic rings. The first kappa shape index (κ1) is 18.2. The fraction of sp³-hybridized carbons (Fsp3) is 0. The number of rotatable bonds is 3. The summed E-state index contributed by atoms with van der Waals surface area (Å²) in [5.74, 6) is -0.894. The summed E-state index contributed by atoms with van der Waals surface area (Å²) >= 11 is 0. The van der Waals surface area contributed by atoms with Crippen LogP contribution in [-0.2, 0) is 0 Å². The maximum atomic E-state index is 10.6. The van der Waals surface area contributed by atoms with Crippen molar-refractivity contribution in [2.45, 2.75) is 0 Å². The summed E-state index contributed by atoms with van der Waals surface area (Å²) in [5, 5.41) is 8.75. The Hall–Kier alpha value is -3.65. The Labute approximate surface area is 159 Å². The van der Waals surface area contributed by atoms with E-state index in [0.29, 0.717) is 5.56 Å². The Bertz CT molecular complexity index is 923. The standard InChI is InChI=1S/C13H10O2.C12H10/c14-13(15)12-8-6-11(7-9-12)10-4-2-1-3-5-10;1-3-7-11(8-4-1)12-9-5-2-6-10-12/h1-9H,(H,14,15);1-10H. The Morgan fingerprint density at radius 2 is 0.741 bits per heavy atom. The number of hydrogen-bond donors (Lipinski definition) is 1. The van der Waals surface area contributed by atoms with E-state index in [-0.39, 0.29) is 0 Å².